The molecule has 0 aromatic carbocycles. The van der Waals surface area contributed by atoms with Crippen molar-refractivity contribution in [1.29, 1.82) is 0 Å². The van der Waals surface area contributed by atoms with Crippen molar-refractivity contribution in [3.8, 4) is 5.69 Å². The summed E-state index contributed by atoms with van der Waals surface area (Å²) in [4.78, 5) is 12.2. The molecule has 1 atom stereocenters. The van der Waals surface area contributed by atoms with Crippen LogP contribution in [0.3, 0.4) is 0 Å². The summed E-state index contributed by atoms with van der Waals surface area (Å²) in [6, 6.07) is 0. The normalized spacial score (nSPS) is 20.4. The number of ether oxygens (including phenoxy) is 1. The van der Waals surface area contributed by atoms with E-state index in [9.17, 15) is 0 Å². The molecule has 0 bridgehead atoms. The number of morpholine rings is 1. The van der Waals surface area contributed by atoms with Crippen LogP contribution in [-0.2, 0) is 4.74 Å². The predicted molar refractivity (Wildman–Crippen MR) is 60.7 cm³/mol. The Kier molecular flexibility index (Phi) is 2.81. The van der Waals surface area contributed by atoms with E-state index in [0.717, 1.165) is 31.1 Å². The van der Waals surface area contributed by atoms with Crippen molar-refractivity contribution >= 4 is 0 Å². The van der Waals surface area contributed by atoms with E-state index in [0.29, 0.717) is 0 Å². The van der Waals surface area contributed by atoms with Crippen LogP contribution in [0.15, 0.2) is 31.2 Å². The highest BCUT2D eigenvalue weighted by atomic mass is 16.5. The Labute approximate surface area is 98.7 Å². The van der Waals surface area contributed by atoms with Crippen molar-refractivity contribution in [2.75, 3.05) is 19.7 Å². The molecule has 0 radical (unpaired) electrons. The Hall–Kier alpha value is -1.79. The molecule has 0 spiro atoms. The molecule has 1 unspecified atom stereocenters. The van der Waals surface area contributed by atoms with Crippen LogP contribution in [0.4, 0.5) is 0 Å². The van der Waals surface area contributed by atoms with Gasteiger partial charge in [-0.15, -0.1) is 0 Å². The van der Waals surface area contributed by atoms with Gasteiger partial charge in [0.15, 0.2) is 0 Å². The van der Waals surface area contributed by atoms with Crippen LogP contribution in [0.1, 0.15) is 11.8 Å². The third-order valence-corrected chi connectivity index (χ3v) is 2.75. The Morgan fingerprint density at radius 1 is 1.24 bits per heavy atom. The highest BCUT2D eigenvalue weighted by molar-refractivity contribution is 5.28. The van der Waals surface area contributed by atoms with E-state index in [2.05, 4.69) is 20.3 Å². The minimum absolute atomic E-state index is 0.0338. The Morgan fingerprint density at radius 2 is 2.12 bits per heavy atom. The zero-order valence-electron chi connectivity index (χ0n) is 9.28. The van der Waals surface area contributed by atoms with E-state index >= 15 is 0 Å². The molecule has 0 aliphatic carbocycles. The van der Waals surface area contributed by atoms with E-state index in [1.54, 1.807) is 18.7 Å². The van der Waals surface area contributed by atoms with Crippen molar-refractivity contribution < 1.29 is 4.74 Å². The lowest BCUT2D eigenvalue weighted by molar-refractivity contribution is 0.0240. The van der Waals surface area contributed by atoms with Gasteiger partial charge in [-0.1, -0.05) is 0 Å². The van der Waals surface area contributed by atoms with Gasteiger partial charge in [-0.2, -0.15) is 0 Å². The third-order valence-electron chi connectivity index (χ3n) is 2.75. The molecule has 1 fully saturated rings. The lowest BCUT2D eigenvalue weighted by Gasteiger charge is -2.24. The Morgan fingerprint density at radius 3 is 2.88 bits per heavy atom. The van der Waals surface area contributed by atoms with Gasteiger partial charge in [0.05, 0.1) is 42.9 Å². The maximum Gasteiger partial charge on any atom is 0.115 e. The summed E-state index contributed by atoms with van der Waals surface area (Å²) in [6.45, 7) is 2.43. The largest absolute Gasteiger partial charge is 0.369 e. The molecule has 2 aromatic heterocycles. The van der Waals surface area contributed by atoms with Crippen molar-refractivity contribution in [3.63, 3.8) is 0 Å². The monoisotopic (exact) mass is 231 g/mol. The minimum atomic E-state index is 0.0338. The van der Waals surface area contributed by atoms with Crippen LogP contribution in [0.5, 0.6) is 0 Å². The molecular formula is C11H13N5O. The maximum atomic E-state index is 5.72. The zero-order valence-corrected chi connectivity index (χ0v) is 9.28. The smallest absolute Gasteiger partial charge is 0.115 e. The number of nitrogens with zero attached hydrogens (tertiary/aromatic N) is 4. The van der Waals surface area contributed by atoms with Crippen LogP contribution >= 0.6 is 0 Å². The Bertz CT molecular complexity index is 478. The second-order valence-electron chi connectivity index (χ2n) is 3.85. The molecule has 1 aliphatic rings. The van der Waals surface area contributed by atoms with Crippen LogP contribution in [-0.4, -0.2) is 39.2 Å². The predicted octanol–water partition coefficient (Wildman–Crippen LogP) is 0.323. The molecule has 3 heterocycles. The van der Waals surface area contributed by atoms with E-state index < -0.39 is 0 Å². The number of rotatable bonds is 2. The number of hydrogen-bond acceptors (Lipinski definition) is 5. The molecule has 88 valence electrons. The summed E-state index contributed by atoms with van der Waals surface area (Å²) in [5, 5.41) is 3.30. The molecule has 0 saturated carbocycles. The molecule has 2 aromatic rings. The van der Waals surface area contributed by atoms with Gasteiger partial charge in [0, 0.05) is 13.1 Å². The highest BCUT2D eigenvalue weighted by Crippen LogP contribution is 2.20. The molecule has 1 aliphatic heterocycles. The molecule has 6 heteroatoms. The van der Waals surface area contributed by atoms with Gasteiger partial charge in [0.1, 0.15) is 12.4 Å². The maximum absolute atomic E-state index is 5.72. The van der Waals surface area contributed by atoms with E-state index in [-0.39, 0.29) is 6.10 Å². The number of imidazole rings is 1. The molecule has 1 N–H and O–H groups in total. The Balaban J connectivity index is 1.93. The second-order valence-corrected chi connectivity index (χ2v) is 3.85. The van der Waals surface area contributed by atoms with E-state index in [4.69, 9.17) is 4.74 Å². The zero-order chi connectivity index (χ0) is 11.5. The number of aromatic nitrogens is 4. The lowest BCUT2D eigenvalue weighted by atomic mass is 10.2. The standard InChI is InChI=1S/C11H13N5O/c1-2-17-11(6-12-1)10-5-15-8-16(10)9-3-13-7-14-4-9/h3-5,7-8,11-12H,1-2,6H2. The molecule has 17 heavy (non-hydrogen) atoms. The third kappa shape index (κ3) is 2.04. The molecule has 6 nitrogen and oxygen atoms in total. The molecular weight excluding hydrogens is 218 g/mol. The fraction of sp³-hybridized carbons (Fsp3) is 0.364. The summed E-state index contributed by atoms with van der Waals surface area (Å²) >= 11 is 0. The minimum Gasteiger partial charge on any atom is -0.369 e. The van der Waals surface area contributed by atoms with Crippen molar-refractivity contribution in [3.05, 3.63) is 36.9 Å². The van der Waals surface area contributed by atoms with Gasteiger partial charge in [-0.05, 0) is 0 Å². The second kappa shape index (κ2) is 4.60. The van der Waals surface area contributed by atoms with Gasteiger partial charge < -0.3 is 10.1 Å². The average Bonchev–Trinajstić information content (AvgIpc) is 2.90. The summed E-state index contributed by atoms with van der Waals surface area (Å²) in [5.74, 6) is 0. The summed E-state index contributed by atoms with van der Waals surface area (Å²) in [6.07, 6.45) is 8.64. The fourth-order valence-corrected chi connectivity index (χ4v) is 1.93. The quantitative estimate of drug-likeness (QED) is 0.806. The van der Waals surface area contributed by atoms with Crippen molar-refractivity contribution in [2.24, 2.45) is 0 Å². The first-order chi connectivity index (χ1) is 8.45. The van der Waals surface area contributed by atoms with Crippen molar-refractivity contribution in [2.45, 2.75) is 6.10 Å². The topological polar surface area (TPSA) is 64.9 Å². The van der Waals surface area contributed by atoms with Gasteiger partial charge in [-0.3, -0.25) is 4.57 Å². The summed E-state index contributed by atoms with van der Waals surface area (Å²) in [7, 11) is 0. The molecule has 3 rings (SSSR count). The van der Waals surface area contributed by atoms with E-state index in [1.165, 1.54) is 6.33 Å². The van der Waals surface area contributed by atoms with Gasteiger partial charge in [0.2, 0.25) is 0 Å². The van der Waals surface area contributed by atoms with Crippen LogP contribution in [0.2, 0.25) is 0 Å². The SMILES string of the molecule is c1ncc(-n2cncc2C2CNCCO2)cn1. The summed E-state index contributed by atoms with van der Waals surface area (Å²) in [5.41, 5.74) is 1.92. The van der Waals surface area contributed by atoms with Gasteiger partial charge in [-0.25, -0.2) is 15.0 Å². The number of hydrogen-bond donors (Lipinski definition) is 1. The lowest BCUT2D eigenvalue weighted by Crippen LogP contribution is -2.34. The number of nitrogens with one attached hydrogen (secondary N) is 1. The first-order valence-electron chi connectivity index (χ1n) is 5.55. The van der Waals surface area contributed by atoms with Gasteiger partial charge in [0.25, 0.3) is 0 Å². The summed E-state index contributed by atoms with van der Waals surface area (Å²) < 4.78 is 7.68. The van der Waals surface area contributed by atoms with Gasteiger partial charge >= 0.3 is 0 Å². The molecule has 1 saturated heterocycles. The van der Waals surface area contributed by atoms with Crippen molar-refractivity contribution in [1.82, 2.24) is 24.8 Å². The van der Waals surface area contributed by atoms with Crippen LogP contribution in [0, 0.1) is 0 Å². The first-order valence-corrected chi connectivity index (χ1v) is 5.55. The van der Waals surface area contributed by atoms with Crippen LogP contribution < -0.4 is 5.32 Å². The van der Waals surface area contributed by atoms with Crippen LogP contribution in [0.25, 0.3) is 5.69 Å². The van der Waals surface area contributed by atoms with E-state index in [1.807, 2.05) is 10.8 Å². The average molecular weight is 231 g/mol. The molecule has 0 amide bonds. The highest BCUT2D eigenvalue weighted by Gasteiger charge is 2.20. The fourth-order valence-electron chi connectivity index (χ4n) is 1.93. The first kappa shape index (κ1) is 10.4.